The number of benzene rings is 2. The highest BCUT2D eigenvalue weighted by Crippen LogP contribution is 2.47. The number of ether oxygens (including phenoxy) is 2. The van der Waals surface area contributed by atoms with Gasteiger partial charge in [0.25, 0.3) is 0 Å². The standard InChI is InChI=1S/C26H32O2/c1-5-17-15-24(28-4)26(21-13-9-7-11-19(17)21)25-18(6-2)16-23(27-3)20-12-8-10-14-22(20)25/h5,15-16H,1,6-14H2,2-4H3. The van der Waals surface area contributed by atoms with E-state index in [0.717, 1.165) is 43.6 Å². The van der Waals surface area contributed by atoms with Crippen LogP contribution in [0.2, 0.25) is 0 Å². The van der Waals surface area contributed by atoms with Crippen molar-refractivity contribution in [1.82, 2.24) is 0 Å². The summed E-state index contributed by atoms with van der Waals surface area (Å²) in [5.74, 6) is 2.08. The van der Waals surface area contributed by atoms with Crippen LogP contribution in [-0.4, -0.2) is 14.2 Å². The van der Waals surface area contributed by atoms with Crippen LogP contribution in [0.4, 0.5) is 0 Å². The van der Waals surface area contributed by atoms with E-state index in [9.17, 15) is 0 Å². The molecule has 28 heavy (non-hydrogen) atoms. The van der Waals surface area contributed by atoms with Crippen LogP contribution in [0.3, 0.4) is 0 Å². The fraction of sp³-hybridized carbons (Fsp3) is 0.462. The lowest BCUT2D eigenvalue weighted by Crippen LogP contribution is -2.13. The van der Waals surface area contributed by atoms with Crippen molar-refractivity contribution in [2.75, 3.05) is 14.2 Å². The third-order valence-corrected chi connectivity index (χ3v) is 6.64. The van der Waals surface area contributed by atoms with Crippen molar-refractivity contribution in [2.24, 2.45) is 0 Å². The fourth-order valence-corrected chi connectivity index (χ4v) is 5.30. The fourth-order valence-electron chi connectivity index (χ4n) is 5.30. The van der Waals surface area contributed by atoms with Gasteiger partial charge in [0, 0.05) is 5.56 Å². The van der Waals surface area contributed by atoms with Gasteiger partial charge >= 0.3 is 0 Å². The van der Waals surface area contributed by atoms with Gasteiger partial charge in [-0.3, -0.25) is 0 Å². The molecule has 2 aromatic rings. The molecule has 0 heterocycles. The first-order chi connectivity index (χ1) is 13.7. The molecule has 0 saturated heterocycles. The summed E-state index contributed by atoms with van der Waals surface area (Å²) in [4.78, 5) is 0. The van der Waals surface area contributed by atoms with Gasteiger partial charge in [-0.1, -0.05) is 19.6 Å². The molecule has 2 aliphatic carbocycles. The quantitative estimate of drug-likeness (QED) is 0.607. The van der Waals surface area contributed by atoms with Crippen LogP contribution < -0.4 is 9.47 Å². The van der Waals surface area contributed by atoms with Gasteiger partial charge in [-0.25, -0.2) is 0 Å². The Hall–Kier alpha value is -2.22. The first-order valence-electron chi connectivity index (χ1n) is 10.8. The smallest absolute Gasteiger partial charge is 0.127 e. The summed E-state index contributed by atoms with van der Waals surface area (Å²) >= 11 is 0. The highest BCUT2D eigenvalue weighted by atomic mass is 16.5. The van der Waals surface area contributed by atoms with E-state index in [1.165, 1.54) is 70.2 Å². The SMILES string of the molecule is C=Cc1cc(OC)c(-c2c(CC)cc(OC)c3c2CCCC3)c2c1CCCC2. The number of hydrogen-bond acceptors (Lipinski definition) is 2. The van der Waals surface area contributed by atoms with Crippen molar-refractivity contribution in [3.05, 3.63) is 52.1 Å². The summed E-state index contributed by atoms with van der Waals surface area (Å²) in [5, 5.41) is 0. The predicted molar refractivity (Wildman–Crippen MR) is 118 cm³/mol. The third kappa shape index (κ3) is 3.03. The predicted octanol–water partition coefficient (Wildman–Crippen LogP) is 6.33. The highest BCUT2D eigenvalue weighted by molar-refractivity contribution is 5.84. The lowest BCUT2D eigenvalue weighted by atomic mass is 9.77. The molecule has 4 rings (SSSR count). The lowest BCUT2D eigenvalue weighted by Gasteiger charge is -2.29. The number of methoxy groups -OCH3 is 2. The van der Waals surface area contributed by atoms with Gasteiger partial charge in [0.1, 0.15) is 11.5 Å². The molecule has 0 amide bonds. The van der Waals surface area contributed by atoms with Gasteiger partial charge < -0.3 is 9.47 Å². The second-order valence-electron chi connectivity index (χ2n) is 8.04. The summed E-state index contributed by atoms with van der Waals surface area (Å²) < 4.78 is 11.8. The van der Waals surface area contributed by atoms with E-state index in [0.29, 0.717) is 0 Å². The molecule has 0 bridgehead atoms. The Bertz CT molecular complexity index is 908. The third-order valence-electron chi connectivity index (χ3n) is 6.64. The molecule has 2 heteroatoms. The molecule has 0 spiro atoms. The lowest BCUT2D eigenvalue weighted by molar-refractivity contribution is 0.405. The molecule has 2 nitrogen and oxygen atoms in total. The molecule has 148 valence electrons. The zero-order valence-electron chi connectivity index (χ0n) is 17.6. The molecule has 0 atom stereocenters. The highest BCUT2D eigenvalue weighted by Gasteiger charge is 2.28. The summed E-state index contributed by atoms with van der Waals surface area (Å²) in [6.07, 6.45) is 12.6. The monoisotopic (exact) mass is 376 g/mol. The van der Waals surface area contributed by atoms with Crippen molar-refractivity contribution in [3.63, 3.8) is 0 Å². The number of rotatable bonds is 5. The van der Waals surface area contributed by atoms with Gasteiger partial charge in [0.05, 0.1) is 14.2 Å². The molecule has 2 aromatic carbocycles. The van der Waals surface area contributed by atoms with Gasteiger partial charge in [0.2, 0.25) is 0 Å². The van der Waals surface area contributed by atoms with Gasteiger partial charge in [-0.2, -0.15) is 0 Å². The molecular weight excluding hydrogens is 344 g/mol. The first-order valence-corrected chi connectivity index (χ1v) is 10.8. The van der Waals surface area contributed by atoms with E-state index in [1.807, 2.05) is 20.3 Å². The first kappa shape index (κ1) is 19.1. The van der Waals surface area contributed by atoms with E-state index in [4.69, 9.17) is 9.47 Å². The summed E-state index contributed by atoms with van der Waals surface area (Å²) in [5.41, 5.74) is 11.3. The van der Waals surface area contributed by atoms with Crippen molar-refractivity contribution >= 4 is 6.08 Å². The van der Waals surface area contributed by atoms with Crippen molar-refractivity contribution in [2.45, 2.75) is 64.7 Å². The van der Waals surface area contributed by atoms with Crippen LogP contribution in [0.1, 0.15) is 66.0 Å². The molecular formula is C26H32O2. The average Bonchev–Trinajstić information content (AvgIpc) is 2.77. The van der Waals surface area contributed by atoms with Crippen LogP contribution in [0.15, 0.2) is 18.7 Å². The van der Waals surface area contributed by atoms with Gasteiger partial charge in [0.15, 0.2) is 0 Å². The van der Waals surface area contributed by atoms with E-state index in [2.05, 4.69) is 25.6 Å². The Kier molecular flexibility index (Phi) is 5.48. The normalized spacial score (nSPS) is 15.5. The largest absolute Gasteiger partial charge is 0.496 e. The van der Waals surface area contributed by atoms with E-state index in [1.54, 1.807) is 0 Å². The second-order valence-corrected chi connectivity index (χ2v) is 8.04. The molecule has 0 radical (unpaired) electrons. The maximum atomic E-state index is 5.98. The average molecular weight is 377 g/mol. The van der Waals surface area contributed by atoms with E-state index < -0.39 is 0 Å². The molecule has 0 aliphatic heterocycles. The van der Waals surface area contributed by atoms with Gasteiger partial charge in [-0.15, -0.1) is 0 Å². The Labute approximate surface area is 169 Å². The molecule has 0 aromatic heterocycles. The summed E-state index contributed by atoms with van der Waals surface area (Å²) in [6.45, 7) is 6.33. The Morgan fingerprint density at radius 1 is 0.786 bits per heavy atom. The van der Waals surface area contributed by atoms with Crippen LogP contribution in [0.25, 0.3) is 17.2 Å². The summed E-state index contributed by atoms with van der Waals surface area (Å²) in [6, 6.07) is 4.50. The molecule has 2 aliphatic rings. The minimum atomic E-state index is 1.00. The van der Waals surface area contributed by atoms with Crippen LogP contribution >= 0.6 is 0 Å². The number of fused-ring (bicyclic) bond motifs is 2. The molecule has 0 fully saturated rings. The second kappa shape index (κ2) is 8.03. The minimum Gasteiger partial charge on any atom is -0.496 e. The van der Waals surface area contributed by atoms with Gasteiger partial charge in [-0.05, 0) is 109 Å². The Balaban J connectivity index is 2.08. The molecule has 0 saturated carbocycles. The van der Waals surface area contributed by atoms with Crippen molar-refractivity contribution in [3.8, 4) is 22.6 Å². The number of hydrogen-bond donors (Lipinski definition) is 0. The maximum Gasteiger partial charge on any atom is 0.127 e. The minimum absolute atomic E-state index is 1.00. The number of aryl methyl sites for hydroxylation is 1. The van der Waals surface area contributed by atoms with Crippen LogP contribution in [-0.2, 0) is 32.1 Å². The van der Waals surface area contributed by atoms with E-state index >= 15 is 0 Å². The van der Waals surface area contributed by atoms with Crippen molar-refractivity contribution < 1.29 is 9.47 Å². The van der Waals surface area contributed by atoms with Crippen LogP contribution in [0.5, 0.6) is 11.5 Å². The summed E-state index contributed by atoms with van der Waals surface area (Å²) in [7, 11) is 3.62. The molecule has 0 unspecified atom stereocenters. The van der Waals surface area contributed by atoms with Crippen LogP contribution in [0, 0.1) is 0 Å². The zero-order valence-corrected chi connectivity index (χ0v) is 17.6. The van der Waals surface area contributed by atoms with Crippen molar-refractivity contribution in [1.29, 1.82) is 0 Å². The Morgan fingerprint density at radius 3 is 1.93 bits per heavy atom. The Morgan fingerprint density at radius 2 is 1.36 bits per heavy atom. The topological polar surface area (TPSA) is 18.5 Å². The maximum absolute atomic E-state index is 5.98. The molecule has 0 N–H and O–H groups in total. The van der Waals surface area contributed by atoms with E-state index in [-0.39, 0.29) is 0 Å². The zero-order chi connectivity index (χ0) is 19.7.